The zero-order valence-corrected chi connectivity index (χ0v) is 18.7. The first-order valence-corrected chi connectivity index (χ1v) is 10.9. The molecule has 2 aromatic heterocycles. The van der Waals surface area contributed by atoms with Gasteiger partial charge in [0.05, 0.1) is 39.7 Å². The highest BCUT2D eigenvalue weighted by atomic mass is 32.1. The van der Waals surface area contributed by atoms with Crippen molar-refractivity contribution in [2.45, 2.75) is 13.0 Å². The molecule has 3 heterocycles. The van der Waals surface area contributed by atoms with Gasteiger partial charge >= 0.3 is 0 Å². The molecule has 1 N–H and O–H groups in total. The second-order valence-electron chi connectivity index (χ2n) is 7.23. The van der Waals surface area contributed by atoms with Crippen molar-refractivity contribution in [2.75, 3.05) is 45.8 Å². The monoisotopic (exact) mass is 442 g/mol. The van der Waals surface area contributed by atoms with E-state index in [4.69, 9.17) is 18.6 Å². The second-order valence-corrected chi connectivity index (χ2v) is 8.49. The second kappa shape index (κ2) is 9.55. The number of rotatable bonds is 7. The van der Waals surface area contributed by atoms with Crippen molar-refractivity contribution in [2.24, 2.45) is 0 Å². The number of amides is 1. The minimum Gasteiger partial charge on any atom is -0.497 e. The largest absolute Gasteiger partial charge is 0.497 e. The summed E-state index contributed by atoms with van der Waals surface area (Å²) in [7, 11) is 3.30. The first kappa shape index (κ1) is 21.4. The maximum Gasteiger partial charge on any atom is 0.291 e. The Bertz CT molecular complexity index is 1020. The van der Waals surface area contributed by atoms with Crippen LogP contribution in [0.3, 0.4) is 0 Å². The number of anilines is 1. The lowest BCUT2D eigenvalue weighted by Gasteiger charge is -2.35. The van der Waals surface area contributed by atoms with Gasteiger partial charge in [-0.15, -0.1) is 11.3 Å². The highest BCUT2D eigenvalue weighted by Gasteiger charge is 2.31. The summed E-state index contributed by atoms with van der Waals surface area (Å²) >= 11 is 1.55. The summed E-state index contributed by atoms with van der Waals surface area (Å²) in [5, 5.41) is 3.84. The standard InChI is InChI=1S/C23H26N2O5S/c1-15-13-18(23(31-15)24-22(26)19-5-4-10-30-19)21(25-8-11-29-12-9-25)17-7-6-16(27-2)14-20(17)28-3/h4-7,10,13-14,21H,8-9,11-12H2,1-3H3,(H,24,26)/t21-/m0/s1. The van der Waals surface area contributed by atoms with Crippen LogP contribution in [-0.2, 0) is 4.74 Å². The van der Waals surface area contributed by atoms with Gasteiger partial charge in [0.15, 0.2) is 5.76 Å². The Hall–Kier alpha value is -2.81. The molecule has 1 aromatic carbocycles. The summed E-state index contributed by atoms with van der Waals surface area (Å²) in [6, 6.07) is 11.2. The minimum absolute atomic E-state index is 0.110. The van der Waals surface area contributed by atoms with Crippen LogP contribution in [0.25, 0.3) is 0 Å². The predicted octanol–water partition coefficient (Wildman–Crippen LogP) is 4.34. The number of carbonyl (C=O) groups is 1. The normalized spacial score (nSPS) is 15.5. The van der Waals surface area contributed by atoms with E-state index in [0.29, 0.717) is 13.2 Å². The van der Waals surface area contributed by atoms with Gasteiger partial charge in [0, 0.05) is 35.2 Å². The summed E-state index contributed by atoms with van der Waals surface area (Å²) in [5.74, 6) is 1.48. The van der Waals surface area contributed by atoms with Crippen LogP contribution >= 0.6 is 11.3 Å². The van der Waals surface area contributed by atoms with Crippen molar-refractivity contribution in [1.82, 2.24) is 4.90 Å². The third-order valence-corrected chi connectivity index (χ3v) is 6.28. The summed E-state index contributed by atoms with van der Waals surface area (Å²) in [5.41, 5.74) is 2.03. The molecule has 0 saturated carbocycles. The number of carbonyl (C=O) groups excluding carboxylic acids is 1. The fourth-order valence-electron chi connectivity index (χ4n) is 3.85. The molecule has 1 saturated heterocycles. The van der Waals surface area contributed by atoms with Crippen LogP contribution in [0.5, 0.6) is 11.5 Å². The average molecular weight is 443 g/mol. The molecule has 0 radical (unpaired) electrons. The minimum atomic E-state index is -0.268. The van der Waals surface area contributed by atoms with Crippen molar-refractivity contribution >= 4 is 22.2 Å². The lowest BCUT2D eigenvalue weighted by molar-refractivity contribution is 0.0237. The molecule has 0 aliphatic carbocycles. The number of morpholine rings is 1. The van der Waals surface area contributed by atoms with E-state index in [9.17, 15) is 4.79 Å². The number of nitrogens with zero attached hydrogens (tertiary/aromatic N) is 1. The highest BCUT2D eigenvalue weighted by Crippen LogP contribution is 2.43. The summed E-state index contributed by atoms with van der Waals surface area (Å²) in [6.45, 7) is 4.91. The van der Waals surface area contributed by atoms with E-state index >= 15 is 0 Å². The Labute approximate surface area is 185 Å². The van der Waals surface area contributed by atoms with E-state index in [1.54, 1.807) is 37.7 Å². The Morgan fingerprint density at radius 1 is 1.13 bits per heavy atom. The molecule has 1 aliphatic heterocycles. The maximum absolute atomic E-state index is 12.7. The van der Waals surface area contributed by atoms with Gasteiger partial charge in [-0.25, -0.2) is 0 Å². The van der Waals surface area contributed by atoms with Crippen molar-refractivity contribution in [1.29, 1.82) is 0 Å². The summed E-state index contributed by atoms with van der Waals surface area (Å²) in [4.78, 5) is 16.2. The highest BCUT2D eigenvalue weighted by molar-refractivity contribution is 7.16. The third kappa shape index (κ3) is 4.61. The lowest BCUT2D eigenvalue weighted by atomic mass is 9.96. The molecule has 0 bridgehead atoms. The molecule has 1 aliphatic rings. The van der Waals surface area contributed by atoms with E-state index in [1.165, 1.54) is 6.26 Å². The molecule has 0 unspecified atom stereocenters. The summed E-state index contributed by atoms with van der Waals surface area (Å²) in [6.07, 6.45) is 1.49. The zero-order valence-electron chi connectivity index (χ0n) is 17.8. The third-order valence-electron chi connectivity index (χ3n) is 5.30. The SMILES string of the molecule is COc1ccc([C@@H](c2cc(C)sc2NC(=O)c2ccco2)N2CCOCC2)c(OC)c1. The number of ether oxygens (including phenoxy) is 3. The quantitative estimate of drug-likeness (QED) is 0.587. The fraction of sp³-hybridized carbons (Fsp3) is 0.348. The zero-order chi connectivity index (χ0) is 21.8. The number of thiophene rings is 1. The van der Waals surface area contributed by atoms with Gasteiger partial charge in [-0.3, -0.25) is 9.69 Å². The maximum atomic E-state index is 12.7. The molecule has 7 nitrogen and oxygen atoms in total. The van der Waals surface area contributed by atoms with Gasteiger partial charge < -0.3 is 23.9 Å². The van der Waals surface area contributed by atoms with Crippen LogP contribution in [0.15, 0.2) is 47.1 Å². The van der Waals surface area contributed by atoms with Crippen LogP contribution < -0.4 is 14.8 Å². The van der Waals surface area contributed by atoms with E-state index < -0.39 is 0 Å². The molecular formula is C23H26N2O5S. The van der Waals surface area contributed by atoms with Gasteiger partial charge in [-0.05, 0) is 37.3 Å². The molecule has 4 rings (SSSR count). The van der Waals surface area contributed by atoms with Crippen molar-refractivity contribution in [3.8, 4) is 11.5 Å². The average Bonchev–Trinajstić information content (AvgIpc) is 3.45. The Kier molecular flexibility index (Phi) is 6.60. The van der Waals surface area contributed by atoms with E-state index in [2.05, 4.69) is 16.3 Å². The van der Waals surface area contributed by atoms with Crippen LogP contribution in [-0.4, -0.2) is 51.3 Å². The van der Waals surface area contributed by atoms with E-state index in [-0.39, 0.29) is 17.7 Å². The van der Waals surface area contributed by atoms with E-state index in [0.717, 1.165) is 45.6 Å². The van der Waals surface area contributed by atoms with Gasteiger partial charge in [0.25, 0.3) is 5.91 Å². The molecule has 0 spiro atoms. The topological polar surface area (TPSA) is 73.2 Å². The van der Waals surface area contributed by atoms with Crippen LogP contribution in [0.2, 0.25) is 0 Å². The Morgan fingerprint density at radius 2 is 1.94 bits per heavy atom. The number of methoxy groups -OCH3 is 2. The molecule has 8 heteroatoms. The predicted molar refractivity (Wildman–Crippen MR) is 119 cm³/mol. The fourth-order valence-corrected chi connectivity index (χ4v) is 4.79. The number of benzene rings is 1. The molecule has 1 fully saturated rings. The number of furan rings is 1. The van der Waals surface area contributed by atoms with Crippen molar-refractivity contribution in [3.63, 3.8) is 0 Å². The lowest BCUT2D eigenvalue weighted by Crippen LogP contribution is -2.39. The van der Waals surface area contributed by atoms with Gasteiger partial charge in [-0.1, -0.05) is 0 Å². The molecular weight excluding hydrogens is 416 g/mol. The smallest absolute Gasteiger partial charge is 0.291 e. The van der Waals surface area contributed by atoms with Gasteiger partial charge in [0.2, 0.25) is 0 Å². The van der Waals surface area contributed by atoms with Crippen LogP contribution in [0.1, 0.15) is 32.6 Å². The summed E-state index contributed by atoms with van der Waals surface area (Å²) < 4.78 is 22.0. The number of hydrogen-bond donors (Lipinski definition) is 1. The molecule has 1 atom stereocenters. The van der Waals surface area contributed by atoms with E-state index in [1.807, 2.05) is 25.1 Å². The molecule has 3 aromatic rings. The Balaban J connectivity index is 1.77. The molecule has 1 amide bonds. The number of nitrogens with one attached hydrogen (secondary N) is 1. The van der Waals surface area contributed by atoms with Crippen molar-refractivity contribution < 1.29 is 23.4 Å². The first-order valence-electron chi connectivity index (χ1n) is 10.1. The molecule has 31 heavy (non-hydrogen) atoms. The van der Waals surface area contributed by atoms with Gasteiger partial charge in [-0.2, -0.15) is 0 Å². The first-order chi connectivity index (χ1) is 15.1. The van der Waals surface area contributed by atoms with Crippen LogP contribution in [0.4, 0.5) is 5.00 Å². The molecule has 164 valence electrons. The Morgan fingerprint density at radius 3 is 2.61 bits per heavy atom. The van der Waals surface area contributed by atoms with Crippen molar-refractivity contribution in [3.05, 3.63) is 64.4 Å². The number of aryl methyl sites for hydroxylation is 1. The van der Waals surface area contributed by atoms with Gasteiger partial charge in [0.1, 0.15) is 16.5 Å². The van der Waals surface area contributed by atoms with Crippen LogP contribution in [0, 0.1) is 6.92 Å². The number of hydrogen-bond acceptors (Lipinski definition) is 7.